The summed E-state index contributed by atoms with van der Waals surface area (Å²) in [6, 6.07) is 11.4. The zero-order valence-corrected chi connectivity index (χ0v) is 14.5. The van der Waals surface area contributed by atoms with Crippen LogP contribution in [0.25, 0.3) is 0 Å². The van der Waals surface area contributed by atoms with Gasteiger partial charge in [0, 0.05) is 17.6 Å². The van der Waals surface area contributed by atoms with E-state index in [1.807, 2.05) is 31.2 Å². The first-order valence-electron chi connectivity index (χ1n) is 8.25. The van der Waals surface area contributed by atoms with E-state index in [1.165, 1.54) is 24.3 Å². The van der Waals surface area contributed by atoms with Crippen molar-refractivity contribution < 1.29 is 18.7 Å². The lowest BCUT2D eigenvalue weighted by Crippen LogP contribution is -2.44. The van der Waals surface area contributed by atoms with Crippen LogP contribution >= 0.6 is 0 Å². The van der Waals surface area contributed by atoms with Gasteiger partial charge in [0.25, 0.3) is 0 Å². The Kier molecular flexibility index (Phi) is 5.06. The molecule has 0 spiro atoms. The lowest BCUT2D eigenvalue weighted by Gasteiger charge is -2.22. The largest absolute Gasteiger partial charge is 0.497 e. The van der Waals surface area contributed by atoms with Crippen molar-refractivity contribution in [1.29, 1.82) is 0 Å². The van der Waals surface area contributed by atoms with Crippen molar-refractivity contribution in [1.82, 2.24) is 10.6 Å². The lowest BCUT2D eigenvalue weighted by atomic mass is 9.89. The summed E-state index contributed by atoms with van der Waals surface area (Å²) in [5, 5.41) is 8.18. The van der Waals surface area contributed by atoms with Crippen LogP contribution in [0, 0.1) is 5.82 Å². The van der Waals surface area contributed by atoms with Gasteiger partial charge in [0.1, 0.15) is 17.6 Å². The van der Waals surface area contributed by atoms with Gasteiger partial charge >= 0.3 is 6.03 Å². The van der Waals surface area contributed by atoms with Gasteiger partial charge in [-0.3, -0.25) is 4.79 Å². The fourth-order valence-electron chi connectivity index (χ4n) is 3.16. The Bertz CT molecular complexity index is 793. The van der Waals surface area contributed by atoms with Gasteiger partial charge in [-0.25, -0.2) is 9.18 Å². The average Bonchev–Trinajstić information content (AvgIpc) is 2.90. The molecule has 1 saturated heterocycles. The zero-order chi connectivity index (χ0) is 18.7. The molecule has 1 heterocycles. The number of nitrogens with one attached hydrogen (secondary N) is 3. The van der Waals surface area contributed by atoms with Crippen molar-refractivity contribution >= 4 is 17.6 Å². The van der Waals surface area contributed by atoms with Crippen LogP contribution in [0.4, 0.5) is 14.9 Å². The minimum atomic E-state index is -0.709. The average molecular weight is 357 g/mol. The summed E-state index contributed by atoms with van der Waals surface area (Å²) in [6.07, 6.45) is 0. The number of rotatable bonds is 4. The molecule has 0 aliphatic carbocycles. The molecule has 26 heavy (non-hydrogen) atoms. The second-order valence-electron chi connectivity index (χ2n) is 6.18. The first kappa shape index (κ1) is 17.7. The van der Waals surface area contributed by atoms with Crippen molar-refractivity contribution in [2.24, 2.45) is 0 Å². The summed E-state index contributed by atoms with van der Waals surface area (Å²) in [5.74, 6) is -0.128. The Hall–Kier alpha value is -3.09. The number of hydrogen-bond acceptors (Lipinski definition) is 3. The van der Waals surface area contributed by atoms with Gasteiger partial charge in [-0.05, 0) is 48.9 Å². The van der Waals surface area contributed by atoms with Crippen LogP contribution in [0.2, 0.25) is 0 Å². The molecule has 1 fully saturated rings. The molecule has 2 aromatic carbocycles. The molecule has 6 nitrogen and oxygen atoms in total. The highest BCUT2D eigenvalue weighted by Crippen LogP contribution is 2.30. The molecule has 0 bridgehead atoms. The van der Waals surface area contributed by atoms with Crippen LogP contribution < -0.4 is 20.7 Å². The highest BCUT2D eigenvalue weighted by Gasteiger charge is 2.41. The fraction of sp³-hybridized carbons (Fsp3) is 0.263. The molecule has 0 radical (unpaired) electrons. The fourth-order valence-corrected chi connectivity index (χ4v) is 3.16. The van der Waals surface area contributed by atoms with Gasteiger partial charge in [0.15, 0.2) is 0 Å². The number of urea groups is 1. The lowest BCUT2D eigenvalue weighted by molar-refractivity contribution is -0.120. The standard InChI is InChI=1S/C19H20FN3O3/c1-11-16(12-3-9-15(26-2)10-4-12)17(18(24)21-11)23-19(25)22-14-7-5-13(20)6-8-14/h3-11,16-17H,1-2H3,(H,21,24)(H2,22,23,25)/t11-,16-,17-/m1/s1. The van der Waals surface area contributed by atoms with Gasteiger partial charge in [0.2, 0.25) is 5.91 Å². The number of hydrogen-bond donors (Lipinski definition) is 3. The second kappa shape index (κ2) is 7.43. The van der Waals surface area contributed by atoms with E-state index in [-0.39, 0.29) is 23.7 Å². The van der Waals surface area contributed by atoms with Crippen LogP contribution in [0.15, 0.2) is 48.5 Å². The first-order valence-corrected chi connectivity index (χ1v) is 8.25. The smallest absolute Gasteiger partial charge is 0.319 e. The first-order chi connectivity index (χ1) is 12.5. The summed E-state index contributed by atoms with van der Waals surface area (Å²) in [6.45, 7) is 1.90. The number of carbonyl (C=O) groups is 2. The maximum Gasteiger partial charge on any atom is 0.319 e. The van der Waals surface area contributed by atoms with Crippen LogP contribution in [0.3, 0.4) is 0 Å². The number of methoxy groups -OCH3 is 1. The van der Waals surface area contributed by atoms with Crippen LogP contribution in [0.1, 0.15) is 18.4 Å². The highest BCUT2D eigenvalue weighted by atomic mass is 19.1. The van der Waals surface area contributed by atoms with Crippen molar-refractivity contribution in [2.75, 3.05) is 12.4 Å². The van der Waals surface area contributed by atoms with E-state index < -0.39 is 12.1 Å². The Labute approximate surface area is 150 Å². The number of anilines is 1. The molecule has 0 unspecified atom stereocenters. The van der Waals surface area contributed by atoms with Crippen molar-refractivity contribution in [3.63, 3.8) is 0 Å². The number of benzene rings is 2. The Morgan fingerprint density at radius 1 is 1.12 bits per heavy atom. The van der Waals surface area contributed by atoms with Gasteiger partial charge < -0.3 is 20.7 Å². The van der Waals surface area contributed by atoms with Crippen LogP contribution in [0.5, 0.6) is 5.75 Å². The van der Waals surface area contributed by atoms with E-state index >= 15 is 0 Å². The Morgan fingerprint density at radius 3 is 2.38 bits per heavy atom. The van der Waals surface area contributed by atoms with E-state index in [0.717, 1.165) is 11.3 Å². The summed E-state index contributed by atoms with van der Waals surface area (Å²) in [5.41, 5.74) is 1.36. The molecule has 3 atom stereocenters. The minimum absolute atomic E-state index is 0.132. The van der Waals surface area contributed by atoms with E-state index in [0.29, 0.717) is 5.69 Å². The number of carbonyl (C=O) groups excluding carboxylic acids is 2. The summed E-state index contributed by atoms with van der Waals surface area (Å²) >= 11 is 0. The maximum atomic E-state index is 12.9. The maximum absolute atomic E-state index is 12.9. The molecular weight excluding hydrogens is 337 g/mol. The molecule has 1 aliphatic heterocycles. The molecule has 7 heteroatoms. The molecule has 0 saturated carbocycles. The predicted molar refractivity (Wildman–Crippen MR) is 95.7 cm³/mol. The quantitative estimate of drug-likeness (QED) is 0.787. The van der Waals surface area contributed by atoms with E-state index in [2.05, 4.69) is 16.0 Å². The van der Waals surface area contributed by atoms with Crippen LogP contribution in [-0.4, -0.2) is 31.1 Å². The normalized spacial score (nSPS) is 21.8. The van der Waals surface area contributed by atoms with Gasteiger partial charge in [0.05, 0.1) is 7.11 Å². The number of ether oxygens (including phenoxy) is 1. The number of amides is 3. The molecular formula is C19H20FN3O3. The topological polar surface area (TPSA) is 79.5 Å². The summed E-state index contributed by atoms with van der Waals surface area (Å²) in [7, 11) is 1.59. The number of halogens is 1. The predicted octanol–water partition coefficient (Wildman–Crippen LogP) is 2.63. The molecule has 3 amide bonds. The second-order valence-corrected chi connectivity index (χ2v) is 6.18. The third-order valence-corrected chi connectivity index (χ3v) is 4.44. The Balaban J connectivity index is 1.73. The van der Waals surface area contributed by atoms with E-state index in [4.69, 9.17) is 4.74 Å². The van der Waals surface area contributed by atoms with Gasteiger partial charge in [-0.1, -0.05) is 12.1 Å². The van der Waals surface area contributed by atoms with Gasteiger partial charge in [-0.15, -0.1) is 0 Å². The molecule has 2 aromatic rings. The molecule has 136 valence electrons. The summed E-state index contributed by atoms with van der Waals surface area (Å²) in [4.78, 5) is 24.6. The molecule has 0 aromatic heterocycles. The van der Waals surface area contributed by atoms with E-state index in [9.17, 15) is 14.0 Å². The monoisotopic (exact) mass is 357 g/mol. The molecule has 3 N–H and O–H groups in total. The van der Waals surface area contributed by atoms with Crippen LogP contribution in [-0.2, 0) is 4.79 Å². The van der Waals surface area contributed by atoms with Crippen molar-refractivity contribution in [3.8, 4) is 5.75 Å². The van der Waals surface area contributed by atoms with Gasteiger partial charge in [-0.2, -0.15) is 0 Å². The third-order valence-electron chi connectivity index (χ3n) is 4.44. The SMILES string of the molecule is COc1ccc([C@H]2[C@@H](C)NC(=O)[C@@H]2NC(=O)Nc2ccc(F)cc2)cc1. The van der Waals surface area contributed by atoms with Crippen molar-refractivity contribution in [3.05, 3.63) is 59.9 Å². The van der Waals surface area contributed by atoms with Crippen molar-refractivity contribution in [2.45, 2.75) is 24.9 Å². The van der Waals surface area contributed by atoms with E-state index in [1.54, 1.807) is 7.11 Å². The third kappa shape index (κ3) is 3.77. The zero-order valence-electron chi connectivity index (χ0n) is 14.5. The summed E-state index contributed by atoms with van der Waals surface area (Å²) < 4.78 is 18.1. The minimum Gasteiger partial charge on any atom is -0.497 e. The Morgan fingerprint density at radius 2 is 1.77 bits per heavy atom. The highest BCUT2D eigenvalue weighted by molar-refractivity contribution is 5.95. The molecule has 3 rings (SSSR count). The molecule has 1 aliphatic rings.